The fourth-order valence-electron chi connectivity index (χ4n) is 3.05. The summed E-state index contributed by atoms with van der Waals surface area (Å²) in [5.74, 6) is -0.586. The van der Waals surface area contributed by atoms with Crippen molar-refractivity contribution in [1.29, 1.82) is 0 Å². The van der Waals surface area contributed by atoms with E-state index in [2.05, 4.69) is 0 Å². The van der Waals surface area contributed by atoms with Crippen LogP contribution in [0.4, 0.5) is 4.39 Å². The lowest BCUT2D eigenvalue weighted by molar-refractivity contribution is 0.0716. The van der Waals surface area contributed by atoms with Gasteiger partial charge in [-0.25, -0.2) is 4.39 Å². The maximum Gasteiger partial charge on any atom is 0.254 e. The van der Waals surface area contributed by atoms with Crippen molar-refractivity contribution in [2.75, 3.05) is 6.54 Å². The molecule has 0 heterocycles. The number of nitrogens with zero attached hydrogens (tertiary/aromatic N) is 1. The Morgan fingerprint density at radius 3 is 1.92 bits per heavy atom. The summed E-state index contributed by atoms with van der Waals surface area (Å²) in [6.45, 7) is 2.46. The second-order valence-corrected chi connectivity index (χ2v) is 5.83. The van der Waals surface area contributed by atoms with E-state index < -0.39 is 5.82 Å². The predicted octanol–water partition coefficient (Wildman–Crippen LogP) is 5.08. The minimum atomic E-state index is -0.405. The molecular weight excluding hydrogens is 313 g/mol. The number of halogens is 1. The van der Waals surface area contributed by atoms with Crippen molar-refractivity contribution in [2.45, 2.75) is 13.0 Å². The average molecular weight is 333 g/mol. The Balaban J connectivity index is 2.05. The first-order chi connectivity index (χ1) is 12.2. The highest BCUT2D eigenvalue weighted by atomic mass is 19.1. The van der Waals surface area contributed by atoms with Crippen LogP contribution >= 0.6 is 0 Å². The summed E-state index contributed by atoms with van der Waals surface area (Å²) >= 11 is 0. The molecule has 0 fully saturated rings. The monoisotopic (exact) mass is 333 g/mol. The lowest BCUT2D eigenvalue weighted by Crippen LogP contribution is -2.35. The summed E-state index contributed by atoms with van der Waals surface area (Å²) in [4.78, 5) is 14.9. The van der Waals surface area contributed by atoms with Gasteiger partial charge in [0.1, 0.15) is 5.82 Å². The normalized spacial score (nSPS) is 10.7. The highest BCUT2D eigenvalue weighted by Gasteiger charge is 2.26. The molecule has 3 rings (SSSR count). The van der Waals surface area contributed by atoms with E-state index in [-0.39, 0.29) is 11.9 Å². The van der Waals surface area contributed by atoms with Crippen molar-refractivity contribution in [2.24, 2.45) is 0 Å². The van der Waals surface area contributed by atoms with Crippen LogP contribution < -0.4 is 0 Å². The molecule has 3 aromatic rings. The molecule has 0 aliphatic rings. The quantitative estimate of drug-likeness (QED) is 0.638. The summed E-state index contributed by atoms with van der Waals surface area (Å²) in [7, 11) is 0. The van der Waals surface area contributed by atoms with Crippen LogP contribution in [-0.2, 0) is 0 Å². The maximum atomic E-state index is 13.6. The summed E-state index contributed by atoms with van der Waals surface area (Å²) in [5.41, 5.74) is 2.42. The van der Waals surface area contributed by atoms with E-state index in [0.717, 1.165) is 11.1 Å². The molecule has 0 saturated heterocycles. The molecule has 0 N–H and O–H groups in total. The molecule has 3 aromatic carbocycles. The van der Waals surface area contributed by atoms with Crippen LogP contribution in [-0.4, -0.2) is 17.4 Å². The van der Waals surface area contributed by atoms with Gasteiger partial charge in [0, 0.05) is 12.1 Å². The topological polar surface area (TPSA) is 20.3 Å². The van der Waals surface area contributed by atoms with E-state index in [4.69, 9.17) is 0 Å². The average Bonchev–Trinajstić information content (AvgIpc) is 2.67. The standard InChI is InChI=1S/C22H20FNO/c1-2-24(22(25)19-14-9-15-20(23)16-19)21(17-10-5-3-6-11-17)18-12-7-4-8-13-18/h3-16,21H,2H2,1H3. The van der Waals surface area contributed by atoms with Crippen molar-refractivity contribution in [3.8, 4) is 0 Å². The Labute approximate surface area is 147 Å². The number of rotatable bonds is 5. The fourth-order valence-corrected chi connectivity index (χ4v) is 3.05. The fraction of sp³-hybridized carbons (Fsp3) is 0.136. The lowest BCUT2D eigenvalue weighted by Gasteiger charge is -2.32. The molecule has 126 valence electrons. The van der Waals surface area contributed by atoms with Crippen molar-refractivity contribution < 1.29 is 9.18 Å². The zero-order valence-electron chi connectivity index (χ0n) is 14.1. The van der Waals surface area contributed by atoms with Crippen LogP contribution in [0, 0.1) is 5.82 Å². The minimum Gasteiger partial charge on any atom is -0.328 e. The van der Waals surface area contributed by atoms with Crippen LogP contribution in [0.1, 0.15) is 34.5 Å². The molecule has 0 aromatic heterocycles. The molecule has 0 atom stereocenters. The van der Waals surface area contributed by atoms with Gasteiger partial charge < -0.3 is 4.90 Å². The smallest absolute Gasteiger partial charge is 0.254 e. The van der Waals surface area contributed by atoms with Gasteiger partial charge in [0.05, 0.1) is 6.04 Å². The molecule has 0 radical (unpaired) electrons. The van der Waals surface area contributed by atoms with Gasteiger partial charge in [0.15, 0.2) is 0 Å². The first-order valence-electron chi connectivity index (χ1n) is 8.37. The van der Waals surface area contributed by atoms with E-state index in [1.165, 1.54) is 12.1 Å². The van der Waals surface area contributed by atoms with Gasteiger partial charge in [-0.05, 0) is 36.2 Å². The van der Waals surface area contributed by atoms with Crippen LogP contribution in [0.2, 0.25) is 0 Å². The summed E-state index contributed by atoms with van der Waals surface area (Å²) in [6, 6.07) is 25.5. The summed E-state index contributed by atoms with van der Waals surface area (Å²) in [6.07, 6.45) is 0. The highest BCUT2D eigenvalue weighted by Crippen LogP contribution is 2.29. The van der Waals surface area contributed by atoms with E-state index >= 15 is 0 Å². The molecule has 0 saturated carbocycles. The second kappa shape index (κ2) is 7.75. The van der Waals surface area contributed by atoms with Crippen LogP contribution in [0.3, 0.4) is 0 Å². The van der Waals surface area contributed by atoms with Gasteiger partial charge in [0.25, 0.3) is 5.91 Å². The Kier molecular flexibility index (Phi) is 5.24. The number of carbonyl (C=O) groups is 1. The Morgan fingerprint density at radius 1 is 0.880 bits per heavy atom. The highest BCUT2D eigenvalue weighted by molar-refractivity contribution is 5.94. The van der Waals surface area contributed by atoms with E-state index in [9.17, 15) is 9.18 Å². The van der Waals surface area contributed by atoms with Gasteiger partial charge in [-0.15, -0.1) is 0 Å². The molecule has 0 spiro atoms. The largest absolute Gasteiger partial charge is 0.328 e. The molecule has 25 heavy (non-hydrogen) atoms. The zero-order chi connectivity index (χ0) is 17.6. The lowest BCUT2D eigenvalue weighted by atomic mass is 9.96. The SMILES string of the molecule is CCN(C(=O)c1cccc(F)c1)C(c1ccccc1)c1ccccc1. The Hall–Kier alpha value is -2.94. The number of carbonyl (C=O) groups excluding carboxylic acids is 1. The third-order valence-electron chi connectivity index (χ3n) is 4.22. The Bertz CT molecular complexity index is 793. The zero-order valence-corrected chi connectivity index (χ0v) is 14.1. The summed E-state index contributed by atoms with van der Waals surface area (Å²) in [5, 5.41) is 0. The van der Waals surface area contributed by atoms with Crippen LogP contribution in [0.25, 0.3) is 0 Å². The number of benzene rings is 3. The summed E-state index contributed by atoms with van der Waals surface area (Å²) < 4.78 is 13.6. The molecule has 0 aliphatic carbocycles. The first kappa shape index (κ1) is 16.9. The molecule has 0 aliphatic heterocycles. The molecule has 0 unspecified atom stereocenters. The van der Waals surface area contributed by atoms with Crippen molar-refractivity contribution in [1.82, 2.24) is 4.90 Å². The molecular formula is C22H20FNO. The molecule has 2 nitrogen and oxygen atoms in total. The van der Waals surface area contributed by atoms with E-state index in [0.29, 0.717) is 12.1 Å². The van der Waals surface area contributed by atoms with E-state index in [1.54, 1.807) is 17.0 Å². The van der Waals surface area contributed by atoms with E-state index in [1.807, 2.05) is 67.6 Å². The van der Waals surface area contributed by atoms with Gasteiger partial charge >= 0.3 is 0 Å². The van der Waals surface area contributed by atoms with Gasteiger partial charge in [-0.2, -0.15) is 0 Å². The van der Waals surface area contributed by atoms with Gasteiger partial charge in [-0.1, -0.05) is 66.7 Å². The predicted molar refractivity (Wildman–Crippen MR) is 97.8 cm³/mol. The van der Waals surface area contributed by atoms with Crippen molar-refractivity contribution in [3.05, 3.63) is 107 Å². The third kappa shape index (κ3) is 3.77. The van der Waals surface area contributed by atoms with Crippen molar-refractivity contribution >= 4 is 5.91 Å². The molecule has 3 heteroatoms. The third-order valence-corrected chi connectivity index (χ3v) is 4.22. The van der Waals surface area contributed by atoms with Crippen LogP contribution in [0.15, 0.2) is 84.9 Å². The number of amides is 1. The van der Waals surface area contributed by atoms with Crippen LogP contribution in [0.5, 0.6) is 0 Å². The number of hydrogen-bond acceptors (Lipinski definition) is 1. The Morgan fingerprint density at radius 2 is 1.44 bits per heavy atom. The second-order valence-electron chi connectivity index (χ2n) is 5.83. The maximum absolute atomic E-state index is 13.6. The first-order valence-corrected chi connectivity index (χ1v) is 8.37. The van der Waals surface area contributed by atoms with Gasteiger partial charge in [-0.3, -0.25) is 4.79 Å². The van der Waals surface area contributed by atoms with Crippen molar-refractivity contribution in [3.63, 3.8) is 0 Å². The molecule has 1 amide bonds. The van der Waals surface area contributed by atoms with Gasteiger partial charge in [0.2, 0.25) is 0 Å². The minimum absolute atomic E-state index is 0.181. The number of hydrogen-bond donors (Lipinski definition) is 0. The molecule has 0 bridgehead atoms.